The van der Waals surface area contributed by atoms with Crippen LogP contribution in [0.5, 0.6) is 0 Å². The predicted octanol–water partition coefficient (Wildman–Crippen LogP) is 2.13. The summed E-state index contributed by atoms with van der Waals surface area (Å²) in [6.07, 6.45) is 7.87. The Morgan fingerprint density at radius 1 is 1.50 bits per heavy atom. The lowest BCUT2D eigenvalue weighted by Crippen LogP contribution is -1.90. The third kappa shape index (κ3) is 0.939. The maximum Gasteiger partial charge on any atom is 0.205 e. The highest BCUT2D eigenvalue weighted by Crippen LogP contribution is 2.32. The van der Waals surface area contributed by atoms with Gasteiger partial charge < -0.3 is 4.52 Å². The maximum absolute atomic E-state index is 4.65. The van der Waals surface area contributed by atoms with Crippen LogP contribution in [0.4, 0.5) is 0 Å². The average molecular weight is 136 g/mol. The van der Waals surface area contributed by atoms with Crippen molar-refractivity contribution in [3.63, 3.8) is 0 Å². The summed E-state index contributed by atoms with van der Waals surface area (Å²) >= 11 is 0. The van der Waals surface area contributed by atoms with Gasteiger partial charge in [0.1, 0.15) is 0 Å². The van der Waals surface area contributed by atoms with Crippen LogP contribution in [0.2, 0.25) is 0 Å². The number of aromatic nitrogens is 1. The van der Waals surface area contributed by atoms with E-state index in [9.17, 15) is 0 Å². The van der Waals surface area contributed by atoms with E-state index in [0.717, 1.165) is 5.69 Å². The van der Waals surface area contributed by atoms with E-state index in [4.69, 9.17) is 0 Å². The molecule has 1 aliphatic rings. The smallest absolute Gasteiger partial charge is 0.205 e. The molecule has 1 aromatic rings. The van der Waals surface area contributed by atoms with Gasteiger partial charge in [-0.2, -0.15) is 0 Å². The van der Waals surface area contributed by atoms with Crippen molar-refractivity contribution >= 4 is 0 Å². The minimum absolute atomic E-state index is 0.662. The summed E-state index contributed by atoms with van der Waals surface area (Å²) in [5, 5.41) is 3.87. The molecule has 0 amide bonds. The van der Waals surface area contributed by atoms with Crippen molar-refractivity contribution in [1.82, 2.24) is 5.16 Å². The van der Waals surface area contributed by atoms with E-state index in [1.807, 2.05) is 6.07 Å². The summed E-state index contributed by atoms with van der Waals surface area (Å²) in [5.41, 5.74) is 1.09. The average Bonchev–Trinajstić information content (AvgIpc) is 2.59. The van der Waals surface area contributed by atoms with Crippen LogP contribution in [0, 0.1) is 6.26 Å². The van der Waals surface area contributed by atoms with Crippen LogP contribution >= 0.6 is 0 Å². The molecule has 2 heteroatoms. The summed E-state index contributed by atoms with van der Waals surface area (Å²) in [6, 6.07) is 1.86. The van der Waals surface area contributed by atoms with Crippen molar-refractivity contribution in [2.45, 2.75) is 31.6 Å². The maximum atomic E-state index is 4.65. The van der Waals surface area contributed by atoms with Crippen LogP contribution in [0.15, 0.2) is 10.6 Å². The van der Waals surface area contributed by atoms with Crippen molar-refractivity contribution < 1.29 is 4.52 Å². The Balaban J connectivity index is 2.12. The second-order valence-electron chi connectivity index (χ2n) is 2.85. The number of rotatable bonds is 1. The molecule has 2 nitrogen and oxygen atoms in total. The summed E-state index contributed by atoms with van der Waals surface area (Å²) in [7, 11) is 0. The van der Waals surface area contributed by atoms with Crippen molar-refractivity contribution in [1.29, 1.82) is 0 Å². The molecule has 0 unspecified atom stereocenters. The first kappa shape index (κ1) is 5.96. The minimum Gasteiger partial charge on any atom is -0.353 e. The van der Waals surface area contributed by atoms with Crippen LogP contribution in [-0.2, 0) is 0 Å². The summed E-state index contributed by atoms with van der Waals surface area (Å²) in [6.45, 7) is 0. The molecule has 0 spiro atoms. The molecule has 53 valence electrons. The summed E-state index contributed by atoms with van der Waals surface area (Å²) in [5.74, 6) is 0.662. The standard InChI is InChI=1S/C8H10NO/c1-2-4-7(3-1)8-5-6-10-9-8/h5,7H,1-4H2. The second kappa shape index (κ2) is 2.45. The molecule has 2 rings (SSSR count). The molecule has 1 radical (unpaired) electrons. The van der Waals surface area contributed by atoms with Crippen molar-refractivity contribution in [3.8, 4) is 0 Å². The van der Waals surface area contributed by atoms with Crippen LogP contribution in [0.1, 0.15) is 37.3 Å². The molecule has 1 aliphatic carbocycles. The minimum atomic E-state index is 0.662. The predicted molar refractivity (Wildman–Crippen MR) is 36.5 cm³/mol. The lowest BCUT2D eigenvalue weighted by molar-refractivity contribution is 0.399. The number of nitrogens with zero attached hydrogens (tertiary/aromatic N) is 1. The van der Waals surface area contributed by atoms with E-state index >= 15 is 0 Å². The van der Waals surface area contributed by atoms with Gasteiger partial charge in [-0.1, -0.05) is 18.0 Å². The van der Waals surface area contributed by atoms with Crippen LogP contribution < -0.4 is 0 Å². The van der Waals surface area contributed by atoms with Gasteiger partial charge in [-0.25, -0.2) is 0 Å². The van der Waals surface area contributed by atoms with Crippen molar-refractivity contribution in [2.24, 2.45) is 0 Å². The Hall–Kier alpha value is -0.790. The Bertz CT molecular complexity index is 187. The first-order chi connectivity index (χ1) is 4.97. The molecule has 0 aliphatic heterocycles. The Kier molecular flexibility index (Phi) is 1.46. The SMILES string of the molecule is [c]1cc(C2CCCC2)no1. The van der Waals surface area contributed by atoms with Gasteiger partial charge in [0.05, 0.1) is 5.69 Å². The Labute approximate surface area is 60.2 Å². The molecule has 0 aromatic carbocycles. The zero-order valence-corrected chi connectivity index (χ0v) is 5.84. The van der Waals surface area contributed by atoms with E-state index in [2.05, 4.69) is 15.9 Å². The highest BCUT2D eigenvalue weighted by atomic mass is 16.5. The van der Waals surface area contributed by atoms with E-state index in [-0.39, 0.29) is 0 Å². The van der Waals surface area contributed by atoms with Gasteiger partial charge >= 0.3 is 0 Å². The third-order valence-corrected chi connectivity index (χ3v) is 2.18. The highest BCUT2D eigenvalue weighted by molar-refractivity contribution is 5.04. The fraction of sp³-hybridized carbons (Fsp3) is 0.625. The molecular weight excluding hydrogens is 126 g/mol. The molecule has 1 heterocycles. The second-order valence-corrected chi connectivity index (χ2v) is 2.85. The highest BCUT2D eigenvalue weighted by Gasteiger charge is 2.18. The number of hydrogen-bond acceptors (Lipinski definition) is 2. The van der Waals surface area contributed by atoms with Crippen molar-refractivity contribution in [2.75, 3.05) is 0 Å². The van der Waals surface area contributed by atoms with Crippen LogP contribution in [0.25, 0.3) is 0 Å². The monoisotopic (exact) mass is 136 g/mol. The van der Waals surface area contributed by atoms with Gasteiger partial charge in [0.2, 0.25) is 6.26 Å². The first-order valence-electron chi connectivity index (χ1n) is 3.79. The zero-order valence-electron chi connectivity index (χ0n) is 5.84. The third-order valence-electron chi connectivity index (χ3n) is 2.18. The topological polar surface area (TPSA) is 26.0 Å². The molecule has 0 atom stereocenters. The summed E-state index contributed by atoms with van der Waals surface area (Å²) < 4.78 is 4.65. The van der Waals surface area contributed by atoms with Gasteiger partial charge in [-0.05, 0) is 12.8 Å². The normalized spacial score (nSPS) is 20.0. The molecule has 0 saturated heterocycles. The van der Waals surface area contributed by atoms with Gasteiger partial charge in [0.15, 0.2) is 0 Å². The molecule has 0 bridgehead atoms. The lowest BCUT2D eigenvalue weighted by atomic mass is 10.1. The lowest BCUT2D eigenvalue weighted by Gasteiger charge is -2.00. The molecule has 1 saturated carbocycles. The molecule has 10 heavy (non-hydrogen) atoms. The molecular formula is C8H10NO. The Morgan fingerprint density at radius 2 is 2.30 bits per heavy atom. The van der Waals surface area contributed by atoms with E-state index in [0.29, 0.717) is 5.92 Å². The zero-order chi connectivity index (χ0) is 6.81. The van der Waals surface area contributed by atoms with Gasteiger partial charge in [-0.3, -0.25) is 0 Å². The van der Waals surface area contributed by atoms with Gasteiger partial charge in [-0.15, -0.1) is 0 Å². The molecule has 0 N–H and O–H groups in total. The first-order valence-corrected chi connectivity index (χ1v) is 3.79. The Morgan fingerprint density at radius 3 is 2.90 bits per heavy atom. The van der Waals surface area contributed by atoms with E-state index < -0.39 is 0 Å². The van der Waals surface area contributed by atoms with Gasteiger partial charge in [0.25, 0.3) is 0 Å². The number of hydrogen-bond donors (Lipinski definition) is 0. The fourth-order valence-electron chi connectivity index (χ4n) is 1.61. The van der Waals surface area contributed by atoms with Crippen molar-refractivity contribution in [3.05, 3.63) is 18.0 Å². The van der Waals surface area contributed by atoms with Gasteiger partial charge in [0, 0.05) is 12.0 Å². The quantitative estimate of drug-likeness (QED) is 0.591. The van der Waals surface area contributed by atoms with Crippen LogP contribution in [-0.4, -0.2) is 5.16 Å². The summed E-state index contributed by atoms with van der Waals surface area (Å²) in [4.78, 5) is 0. The van der Waals surface area contributed by atoms with E-state index in [1.54, 1.807) is 0 Å². The largest absolute Gasteiger partial charge is 0.353 e. The van der Waals surface area contributed by atoms with Crippen LogP contribution in [0.3, 0.4) is 0 Å². The molecule has 1 aromatic heterocycles. The van der Waals surface area contributed by atoms with E-state index in [1.165, 1.54) is 25.7 Å². The fourth-order valence-corrected chi connectivity index (χ4v) is 1.61. The molecule has 1 fully saturated rings.